The molecule has 5 heteroatoms. The summed E-state index contributed by atoms with van der Waals surface area (Å²) in [5, 5.41) is 13.6. The molecule has 1 unspecified atom stereocenters. The van der Waals surface area contributed by atoms with E-state index in [1.807, 2.05) is 48.5 Å². The molecule has 0 aromatic heterocycles. The number of ether oxygens (including phenoxy) is 1. The molecule has 0 heterocycles. The molecule has 3 aromatic carbocycles. The molecule has 1 N–H and O–H groups in total. The molecular formula is C29H31NO4. The van der Waals surface area contributed by atoms with Gasteiger partial charge in [-0.1, -0.05) is 84.9 Å². The number of benzene rings is 3. The van der Waals surface area contributed by atoms with Crippen LogP contribution in [0.15, 0.2) is 84.0 Å². The fourth-order valence-corrected chi connectivity index (χ4v) is 4.57. The first-order chi connectivity index (χ1) is 16.6. The van der Waals surface area contributed by atoms with Gasteiger partial charge >= 0.3 is 5.97 Å². The Morgan fingerprint density at radius 2 is 1.68 bits per heavy atom. The van der Waals surface area contributed by atoms with Crippen molar-refractivity contribution < 1.29 is 19.5 Å². The molecule has 0 bridgehead atoms. The van der Waals surface area contributed by atoms with Crippen LogP contribution in [0.2, 0.25) is 0 Å². The second-order valence-corrected chi connectivity index (χ2v) is 8.71. The predicted octanol–water partition coefficient (Wildman–Crippen LogP) is 6.22. The second-order valence-electron chi connectivity index (χ2n) is 8.71. The van der Waals surface area contributed by atoms with Crippen molar-refractivity contribution >= 4 is 11.7 Å². The first kappa shape index (κ1) is 23.6. The minimum atomic E-state index is -0.959. The van der Waals surface area contributed by atoms with Crippen LogP contribution in [0.3, 0.4) is 0 Å². The Labute approximate surface area is 201 Å². The van der Waals surface area contributed by atoms with Crippen molar-refractivity contribution in [3.05, 3.63) is 101 Å². The largest absolute Gasteiger partial charge is 0.482 e. The summed E-state index contributed by atoms with van der Waals surface area (Å²) in [5.74, 6) is 0.204. The van der Waals surface area contributed by atoms with Crippen LogP contribution in [-0.2, 0) is 22.5 Å². The first-order valence-corrected chi connectivity index (χ1v) is 11.9. The Morgan fingerprint density at radius 3 is 2.29 bits per heavy atom. The Bertz CT molecular complexity index is 1070. The van der Waals surface area contributed by atoms with E-state index in [2.05, 4.69) is 42.4 Å². The van der Waals surface area contributed by atoms with Crippen molar-refractivity contribution in [1.29, 1.82) is 0 Å². The molecule has 4 rings (SSSR count). The van der Waals surface area contributed by atoms with Gasteiger partial charge < -0.3 is 14.7 Å². The van der Waals surface area contributed by atoms with Gasteiger partial charge in [0.25, 0.3) is 0 Å². The molecule has 1 atom stereocenters. The van der Waals surface area contributed by atoms with Crippen LogP contribution in [0.25, 0.3) is 0 Å². The number of nitrogens with zero attached hydrogens (tertiary/aromatic N) is 1. The molecule has 0 aliphatic heterocycles. The van der Waals surface area contributed by atoms with Gasteiger partial charge in [-0.2, -0.15) is 0 Å². The van der Waals surface area contributed by atoms with E-state index >= 15 is 0 Å². The van der Waals surface area contributed by atoms with E-state index in [0.29, 0.717) is 11.7 Å². The molecule has 5 nitrogen and oxygen atoms in total. The lowest BCUT2D eigenvalue weighted by atomic mass is 9.80. The van der Waals surface area contributed by atoms with Gasteiger partial charge in [-0.3, -0.25) is 0 Å². The summed E-state index contributed by atoms with van der Waals surface area (Å²) >= 11 is 0. The van der Waals surface area contributed by atoms with Gasteiger partial charge in [0.05, 0.1) is 5.71 Å². The van der Waals surface area contributed by atoms with Crippen LogP contribution < -0.4 is 4.74 Å². The van der Waals surface area contributed by atoms with E-state index in [0.717, 1.165) is 54.5 Å². The van der Waals surface area contributed by atoms with Crippen LogP contribution in [0.4, 0.5) is 0 Å². The summed E-state index contributed by atoms with van der Waals surface area (Å²) in [6.45, 7) is 1.81. The molecule has 0 amide bonds. The van der Waals surface area contributed by atoms with Gasteiger partial charge in [0.15, 0.2) is 12.7 Å². The maximum Gasteiger partial charge on any atom is 0.341 e. The number of oxime groups is 1. The molecule has 34 heavy (non-hydrogen) atoms. The number of aliphatic carboxylic acids is 1. The fourth-order valence-electron chi connectivity index (χ4n) is 4.57. The molecule has 1 aliphatic carbocycles. The monoisotopic (exact) mass is 457 g/mol. The van der Waals surface area contributed by atoms with E-state index in [1.54, 1.807) is 0 Å². The van der Waals surface area contributed by atoms with Crippen molar-refractivity contribution in [2.24, 2.45) is 11.1 Å². The smallest absolute Gasteiger partial charge is 0.341 e. The average Bonchev–Trinajstić information content (AvgIpc) is 2.88. The van der Waals surface area contributed by atoms with Crippen LogP contribution in [0.5, 0.6) is 5.75 Å². The summed E-state index contributed by atoms with van der Waals surface area (Å²) in [6.07, 6.45) is 4.29. The van der Waals surface area contributed by atoms with Gasteiger partial charge in [-0.05, 0) is 66.3 Å². The van der Waals surface area contributed by atoms with Gasteiger partial charge in [0.2, 0.25) is 0 Å². The number of hydrogen-bond donors (Lipinski definition) is 1. The number of carboxylic acid groups (broad SMARTS) is 1. The van der Waals surface area contributed by atoms with Crippen molar-refractivity contribution in [3.8, 4) is 5.75 Å². The average molecular weight is 458 g/mol. The van der Waals surface area contributed by atoms with E-state index in [1.165, 1.54) is 5.56 Å². The van der Waals surface area contributed by atoms with Crippen LogP contribution >= 0.6 is 0 Å². The van der Waals surface area contributed by atoms with E-state index in [-0.39, 0.29) is 12.7 Å². The van der Waals surface area contributed by atoms with Crippen molar-refractivity contribution in [2.45, 2.75) is 45.1 Å². The fraction of sp³-hybridized carbons (Fsp3) is 0.310. The maximum absolute atomic E-state index is 10.9. The van der Waals surface area contributed by atoms with Crippen molar-refractivity contribution in [3.63, 3.8) is 0 Å². The highest BCUT2D eigenvalue weighted by Gasteiger charge is 2.23. The minimum absolute atomic E-state index is 0.245. The van der Waals surface area contributed by atoms with Gasteiger partial charge in [-0.15, -0.1) is 0 Å². The number of fused-ring (bicyclic) bond motifs is 1. The second kappa shape index (κ2) is 11.5. The molecular weight excluding hydrogens is 426 g/mol. The highest BCUT2D eigenvalue weighted by Crippen LogP contribution is 2.34. The van der Waals surface area contributed by atoms with Crippen LogP contribution in [0, 0.1) is 5.92 Å². The molecule has 176 valence electrons. The summed E-state index contributed by atoms with van der Waals surface area (Å²) in [7, 11) is 0. The summed E-state index contributed by atoms with van der Waals surface area (Å²) in [5.41, 5.74) is 5.59. The topological polar surface area (TPSA) is 68.1 Å². The van der Waals surface area contributed by atoms with Gasteiger partial charge in [0.1, 0.15) is 5.75 Å². The van der Waals surface area contributed by atoms with Crippen molar-refractivity contribution in [2.75, 3.05) is 6.61 Å². The van der Waals surface area contributed by atoms with Gasteiger partial charge in [-0.25, -0.2) is 4.79 Å². The third-order valence-corrected chi connectivity index (χ3v) is 6.32. The number of hydrogen-bond acceptors (Lipinski definition) is 4. The maximum atomic E-state index is 10.9. The third-order valence-electron chi connectivity index (χ3n) is 6.32. The minimum Gasteiger partial charge on any atom is -0.482 e. The van der Waals surface area contributed by atoms with E-state index < -0.39 is 5.97 Å². The third kappa shape index (κ3) is 6.04. The summed E-state index contributed by atoms with van der Waals surface area (Å²) in [6, 6.07) is 26.3. The van der Waals surface area contributed by atoms with Crippen LogP contribution in [0.1, 0.15) is 54.5 Å². The quantitative estimate of drug-likeness (QED) is 0.290. The first-order valence-electron chi connectivity index (χ1n) is 11.9. The molecule has 1 aliphatic rings. The molecule has 0 saturated carbocycles. The molecule has 0 saturated heterocycles. The zero-order chi connectivity index (χ0) is 23.8. The lowest BCUT2D eigenvalue weighted by Gasteiger charge is -2.26. The molecule has 0 radical (unpaired) electrons. The highest BCUT2D eigenvalue weighted by atomic mass is 16.6. The number of carbonyl (C=O) groups is 1. The van der Waals surface area contributed by atoms with E-state index in [4.69, 9.17) is 14.7 Å². The Morgan fingerprint density at radius 1 is 1.00 bits per heavy atom. The summed E-state index contributed by atoms with van der Waals surface area (Å²) in [4.78, 5) is 17.1. The standard InChI is InChI=1S/C29H31NO4/c1-2-25(30-34-29(22-10-5-3-6-11-22)23-12-7-4-8-13-23)19-21-16-17-26-24(18-21)14-9-15-27(26)33-20-28(31)32/h3-15,21,29H,2,16-20H2,1H3,(H,31,32)/b30-25-. The summed E-state index contributed by atoms with van der Waals surface area (Å²) < 4.78 is 5.51. The zero-order valence-corrected chi connectivity index (χ0v) is 19.5. The number of carboxylic acids is 1. The lowest BCUT2D eigenvalue weighted by molar-refractivity contribution is -0.139. The Balaban J connectivity index is 1.45. The highest BCUT2D eigenvalue weighted by molar-refractivity contribution is 5.84. The molecule has 0 fully saturated rings. The van der Waals surface area contributed by atoms with Crippen molar-refractivity contribution in [1.82, 2.24) is 0 Å². The zero-order valence-electron chi connectivity index (χ0n) is 19.5. The normalized spacial score (nSPS) is 15.6. The predicted molar refractivity (Wildman–Crippen MR) is 133 cm³/mol. The van der Waals surface area contributed by atoms with Gasteiger partial charge in [0, 0.05) is 0 Å². The Hall–Kier alpha value is -3.60. The van der Waals surface area contributed by atoms with Crippen LogP contribution in [-0.4, -0.2) is 23.4 Å². The van der Waals surface area contributed by atoms with E-state index in [9.17, 15) is 4.79 Å². The Kier molecular flexibility index (Phi) is 7.97. The molecule has 0 spiro atoms. The molecule has 3 aromatic rings. The SMILES string of the molecule is CC/C(CC1CCc2c(cccc2OCC(=O)O)C1)=N/OC(c1ccccc1)c1ccccc1. The lowest BCUT2D eigenvalue weighted by Crippen LogP contribution is -2.19. The number of rotatable bonds is 10.